The lowest BCUT2D eigenvalue weighted by molar-refractivity contribution is -0.137. The van der Waals surface area contributed by atoms with Crippen LogP contribution in [0.15, 0.2) is 54.7 Å². The fourth-order valence-corrected chi connectivity index (χ4v) is 2.63. The number of anilines is 1. The molecule has 1 N–H and O–H groups in total. The van der Waals surface area contributed by atoms with Crippen molar-refractivity contribution in [1.29, 1.82) is 0 Å². The van der Waals surface area contributed by atoms with Gasteiger partial charge in [-0.2, -0.15) is 17.6 Å². The molecule has 0 aliphatic heterocycles. The Labute approximate surface area is 152 Å². The number of aromatic nitrogens is 2. The highest BCUT2D eigenvalue weighted by Gasteiger charge is 2.33. The summed E-state index contributed by atoms with van der Waals surface area (Å²) in [6.45, 7) is 1.89. The first-order valence-corrected chi connectivity index (χ1v) is 8.10. The van der Waals surface area contributed by atoms with Crippen LogP contribution in [0.5, 0.6) is 0 Å². The number of benzene rings is 1. The second-order valence-corrected chi connectivity index (χ2v) is 5.75. The van der Waals surface area contributed by atoms with Crippen molar-refractivity contribution in [2.75, 3.05) is 5.32 Å². The molecular weight excluding hydrogens is 362 g/mol. The van der Waals surface area contributed by atoms with Crippen LogP contribution in [0.3, 0.4) is 0 Å². The van der Waals surface area contributed by atoms with Gasteiger partial charge < -0.3 is 9.88 Å². The van der Waals surface area contributed by atoms with Crippen molar-refractivity contribution in [2.45, 2.75) is 19.6 Å². The van der Waals surface area contributed by atoms with Crippen LogP contribution < -0.4 is 5.32 Å². The number of aryl methyl sites for hydroxylation is 1. The highest BCUT2D eigenvalue weighted by molar-refractivity contribution is 6.03. The standard InChI is InChI=1S/C19H15F4N3O/c1-2-26-11-13(19(21,22)23)10-15(26)14-8-9-16(24-17(14)20)25-18(27)12-6-4-3-5-7-12/h3-11H,2H2,1H3,(H,24,25,27). The molecule has 27 heavy (non-hydrogen) atoms. The number of carbonyl (C=O) groups is 1. The van der Waals surface area contributed by atoms with Crippen LogP contribution in [0, 0.1) is 5.95 Å². The van der Waals surface area contributed by atoms with Crippen LogP contribution in [0.25, 0.3) is 11.3 Å². The van der Waals surface area contributed by atoms with Crippen molar-refractivity contribution in [3.63, 3.8) is 0 Å². The predicted octanol–water partition coefficient (Wildman–Crippen LogP) is 4.98. The molecular formula is C19H15F4N3O. The molecule has 8 heteroatoms. The summed E-state index contributed by atoms with van der Waals surface area (Å²) in [5, 5.41) is 2.46. The van der Waals surface area contributed by atoms with Gasteiger partial charge in [0.25, 0.3) is 5.91 Å². The predicted molar refractivity (Wildman–Crippen MR) is 92.7 cm³/mol. The van der Waals surface area contributed by atoms with Crippen molar-refractivity contribution in [1.82, 2.24) is 9.55 Å². The molecule has 0 saturated carbocycles. The second kappa shape index (κ2) is 7.22. The summed E-state index contributed by atoms with van der Waals surface area (Å²) in [5.41, 5.74) is -0.500. The molecule has 140 valence electrons. The van der Waals surface area contributed by atoms with Gasteiger partial charge in [-0.05, 0) is 37.3 Å². The van der Waals surface area contributed by atoms with Gasteiger partial charge in [-0.15, -0.1) is 0 Å². The number of carbonyl (C=O) groups excluding carboxylic acids is 1. The Morgan fingerprint density at radius 2 is 1.85 bits per heavy atom. The SMILES string of the molecule is CCn1cc(C(F)(F)F)cc1-c1ccc(NC(=O)c2ccccc2)nc1F. The number of nitrogens with zero attached hydrogens (tertiary/aromatic N) is 2. The molecule has 0 spiro atoms. The van der Waals surface area contributed by atoms with Crippen molar-refractivity contribution in [3.05, 3.63) is 71.8 Å². The van der Waals surface area contributed by atoms with Crippen LogP contribution in [0.1, 0.15) is 22.8 Å². The molecule has 2 aromatic heterocycles. The largest absolute Gasteiger partial charge is 0.417 e. The number of hydrogen-bond donors (Lipinski definition) is 1. The number of pyridine rings is 1. The minimum Gasteiger partial charge on any atom is -0.347 e. The number of halogens is 4. The summed E-state index contributed by atoms with van der Waals surface area (Å²) in [6.07, 6.45) is -3.59. The summed E-state index contributed by atoms with van der Waals surface area (Å²) in [4.78, 5) is 15.8. The van der Waals surface area contributed by atoms with Gasteiger partial charge in [-0.3, -0.25) is 4.79 Å². The number of alkyl halides is 3. The van der Waals surface area contributed by atoms with Crippen molar-refractivity contribution in [3.8, 4) is 11.3 Å². The highest BCUT2D eigenvalue weighted by Crippen LogP contribution is 2.34. The normalized spacial score (nSPS) is 11.4. The monoisotopic (exact) mass is 377 g/mol. The van der Waals surface area contributed by atoms with E-state index in [0.717, 1.165) is 12.3 Å². The average Bonchev–Trinajstić information content (AvgIpc) is 3.07. The third-order valence-corrected chi connectivity index (χ3v) is 3.97. The number of amides is 1. The molecule has 0 aliphatic rings. The maximum Gasteiger partial charge on any atom is 0.417 e. The molecule has 0 atom stereocenters. The van der Waals surface area contributed by atoms with Gasteiger partial charge in [-0.25, -0.2) is 4.98 Å². The highest BCUT2D eigenvalue weighted by atomic mass is 19.4. The van der Waals surface area contributed by atoms with Gasteiger partial charge in [0.05, 0.1) is 16.8 Å². The van der Waals surface area contributed by atoms with Crippen LogP contribution in [-0.2, 0) is 12.7 Å². The van der Waals surface area contributed by atoms with Gasteiger partial charge in [0.2, 0.25) is 5.95 Å². The van der Waals surface area contributed by atoms with E-state index in [1.54, 1.807) is 37.3 Å². The molecule has 2 heterocycles. The molecule has 3 aromatic rings. The Kier molecular flexibility index (Phi) is 4.98. The van der Waals surface area contributed by atoms with E-state index in [1.165, 1.54) is 16.7 Å². The lowest BCUT2D eigenvalue weighted by atomic mass is 10.1. The van der Waals surface area contributed by atoms with Crippen molar-refractivity contribution in [2.24, 2.45) is 0 Å². The fraction of sp³-hybridized carbons (Fsp3) is 0.158. The first kappa shape index (κ1) is 18.6. The van der Waals surface area contributed by atoms with E-state index in [9.17, 15) is 22.4 Å². The molecule has 3 rings (SSSR count). The van der Waals surface area contributed by atoms with E-state index in [0.29, 0.717) is 5.56 Å². The Hall–Kier alpha value is -3.16. The lowest BCUT2D eigenvalue weighted by Gasteiger charge is -2.09. The third kappa shape index (κ3) is 3.99. The van der Waals surface area contributed by atoms with E-state index >= 15 is 0 Å². The number of hydrogen-bond acceptors (Lipinski definition) is 2. The Morgan fingerprint density at radius 1 is 1.15 bits per heavy atom. The van der Waals surface area contributed by atoms with Gasteiger partial charge in [0, 0.05) is 18.3 Å². The van der Waals surface area contributed by atoms with Gasteiger partial charge in [-0.1, -0.05) is 18.2 Å². The van der Waals surface area contributed by atoms with Crippen LogP contribution >= 0.6 is 0 Å². The van der Waals surface area contributed by atoms with Crippen molar-refractivity contribution < 1.29 is 22.4 Å². The zero-order valence-electron chi connectivity index (χ0n) is 14.2. The van der Waals surface area contributed by atoms with Crippen LogP contribution in [-0.4, -0.2) is 15.5 Å². The first-order chi connectivity index (χ1) is 12.8. The minimum atomic E-state index is -4.53. The van der Waals surface area contributed by atoms with Crippen molar-refractivity contribution >= 4 is 11.7 Å². The Bertz CT molecular complexity index is 965. The number of nitrogens with one attached hydrogen (secondary N) is 1. The minimum absolute atomic E-state index is 0.0317. The van der Waals surface area contributed by atoms with Crippen LogP contribution in [0.4, 0.5) is 23.4 Å². The molecule has 0 unspecified atom stereocenters. The summed E-state index contributed by atoms with van der Waals surface area (Å²) >= 11 is 0. The van der Waals surface area contributed by atoms with E-state index in [-0.39, 0.29) is 23.6 Å². The first-order valence-electron chi connectivity index (χ1n) is 8.10. The molecule has 1 aromatic carbocycles. The second-order valence-electron chi connectivity index (χ2n) is 5.75. The zero-order chi connectivity index (χ0) is 19.6. The lowest BCUT2D eigenvalue weighted by Crippen LogP contribution is -2.13. The zero-order valence-corrected chi connectivity index (χ0v) is 14.2. The molecule has 1 amide bonds. The topological polar surface area (TPSA) is 46.9 Å². The van der Waals surface area contributed by atoms with Gasteiger partial charge >= 0.3 is 6.18 Å². The maximum atomic E-state index is 14.5. The Morgan fingerprint density at radius 3 is 2.44 bits per heavy atom. The molecule has 0 radical (unpaired) electrons. The van der Waals surface area contributed by atoms with Gasteiger partial charge in [0.1, 0.15) is 5.82 Å². The van der Waals surface area contributed by atoms with E-state index in [2.05, 4.69) is 10.3 Å². The van der Waals surface area contributed by atoms with E-state index in [1.807, 2.05) is 0 Å². The smallest absolute Gasteiger partial charge is 0.347 e. The number of rotatable bonds is 4. The Balaban J connectivity index is 1.89. The summed E-state index contributed by atoms with van der Waals surface area (Å²) in [6, 6.07) is 11.8. The molecule has 0 saturated heterocycles. The summed E-state index contributed by atoms with van der Waals surface area (Å²) in [7, 11) is 0. The third-order valence-electron chi connectivity index (χ3n) is 3.97. The fourth-order valence-electron chi connectivity index (χ4n) is 2.63. The maximum absolute atomic E-state index is 14.5. The average molecular weight is 377 g/mol. The van der Waals surface area contributed by atoms with Gasteiger partial charge in [0.15, 0.2) is 0 Å². The molecule has 0 bridgehead atoms. The van der Waals surface area contributed by atoms with Crippen LogP contribution in [0.2, 0.25) is 0 Å². The van der Waals surface area contributed by atoms with E-state index in [4.69, 9.17) is 0 Å². The summed E-state index contributed by atoms with van der Waals surface area (Å²) in [5.74, 6) is -1.47. The molecule has 0 aliphatic carbocycles. The molecule has 0 fully saturated rings. The summed E-state index contributed by atoms with van der Waals surface area (Å²) < 4.78 is 54.5. The van der Waals surface area contributed by atoms with E-state index < -0.39 is 23.6 Å². The quantitative estimate of drug-likeness (QED) is 0.515. The molecule has 4 nitrogen and oxygen atoms in total.